The van der Waals surface area contributed by atoms with Gasteiger partial charge in [-0.2, -0.15) is 0 Å². The zero-order valence-electron chi connectivity index (χ0n) is 10.7. The molecular formula is C14H16FNO3. The van der Waals surface area contributed by atoms with Crippen molar-refractivity contribution < 1.29 is 18.7 Å². The number of carbonyl (C=O) groups is 2. The van der Waals surface area contributed by atoms with Crippen LogP contribution in [0.2, 0.25) is 0 Å². The van der Waals surface area contributed by atoms with Gasteiger partial charge in [-0.15, -0.1) is 0 Å². The minimum absolute atomic E-state index is 0.109. The second kappa shape index (κ2) is 8.02. The molecule has 0 radical (unpaired) electrons. The monoisotopic (exact) mass is 265 g/mol. The third-order valence-electron chi connectivity index (χ3n) is 2.22. The van der Waals surface area contributed by atoms with E-state index in [1.54, 1.807) is 18.2 Å². The molecule has 0 saturated heterocycles. The highest BCUT2D eigenvalue weighted by Gasteiger charge is 1.97. The molecule has 102 valence electrons. The van der Waals surface area contributed by atoms with Gasteiger partial charge < -0.3 is 10.1 Å². The summed E-state index contributed by atoms with van der Waals surface area (Å²) in [5.41, 5.74) is 0.719. The SMILES string of the molecule is CC(=O)NCCCOC(=O)/C=C/c1ccc(F)cc1. The number of esters is 1. The third kappa shape index (κ3) is 6.98. The van der Waals surface area contributed by atoms with Crippen molar-refractivity contribution in [2.45, 2.75) is 13.3 Å². The Morgan fingerprint density at radius 3 is 2.63 bits per heavy atom. The van der Waals surface area contributed by atoms with Crippen LogP contribution in [0.3, 0.4) is 0 Å². The fourth-order valence-electron chi connectivity index (χ4n) is 1.30. The highest BCUT2D eigenvalue weighted by atomic mass is 19.1. The summed E-state index contributed by atoms with van der Waals surface area (Å²) in [4.78, 5) is 21.9. The van der Waals surface area contributed by atoms with Gasteiger partial charge >= 0.3 is 5.97 Å². The fourth-order valence-corrected chi connectivity index (χ4v) is 1.30. The molecule has 0 aromatic heterocycles. The van der Waals surface area contributed by atoms with Crippen LogP contribution in [-0.2, 0) is 14.3 Å². The minimum Gasteiger partial charge on any atom is -0.462 e. The van der Waals surface area contributed by atoms with Crippen LogP contribution < -0.4 is 5.32 Å². The molecule has 1 aromatic rings. The second-order valence-corrected chi connectivity index (χ2v) is 3.89. The van der Waals surface area contributed by atoms with Gasteiger partial charge in [-0.3, -0.25) is 4.79 Å². The van der Waals surface area contributed by atoms with Crippen molar-refractivity contribution in [2.24, 2.45) is 0 Å². The Morgan fingerprint density at radius 1 is 1.32 bits per heavy atom. The first-order valence-electron chi connectivity index (χ1n) is 5.93. The predicted octanol–water partition coefficient (Wildman–Crippen LogP) is 1.91. The number of ether oxygens (including phenoxy) is 1. The number of halogens is 1. The highest BCUT2D eigenvalue weighted by molar-refractivity contribution is 5.87. The van der Waals surface area contributed by atoms with Crippen molar-refractivity contribution in [1.29, 1.82) is 0 Å². The average molecular weight is 265 g/mol. The molecule has 1 amide bonds. The number of amides is 1. The van der Waals surface area contributed by atoms with Gasteiger partial charge in [0.25, 0.3) is 0 Å². The van der Waals surface area contributed by atoms with E-state index in [4.69, 9.17) is 4.74 Å². The lowest BCUT2D eigenvalue weighted by atomic mass is 10.2. The van der Waals surface area contributed by atoms with Crippen molar-refractivity contribution in [2.75, 3.05) is 13.2 Å². The summed E-state index contributed by atoms with van der Waals surface area (Å²) in [6.07, 6.45) is 3.40. The van der Waals surface area contributed by atoms with E-state index in [0.29, 0.717) is 13.0 Å². The van der Waals surface area contributed by atoms with Crippen molar-refractivity contribution in [3.63, 3.8) is 0 Å². The zero-order chi connectivity index (χ0) is 14.1. The number of rotatable bonds is 6. The Labute approximate surface area is 111 Å². The summed E-state index contributed by atoms with van der Waals surface area (Å²) in [6, 6.07) is 5.77. The quantitative estimate of drug-likeness (QED) is 0.485. The molecule has 0 aliphatic rings. The molecule has 4 nitrogen and oxygen atoms in total. The Kier molecular flexibility index (Phi) is 6.29. The van der Waals surface area contributed by atoms with Crippen molar-refractivity contribution in [1.82, 2.24) is 5.32 Å². The molecule has 0 atom stereocenters. The second-order valence-electron chi connectivity index (χ2n) is 3.89. The van der Waals surface area contributed by atoms with Crippen LogP contribution in [0.25, 0.3) is 6.08 Å². The molecule has 0 fully saturated rings. The van der Waals surface area contributed by atoms with E-state index in [1.807, 2.05) is 0 Å². The fraction of sp³-hybridized carbons (Fsp3) is 0.286. The van der Waals surface area contributed by atoms with Gasteiger partial charge in [0.15, 0.2) is 0 Å². The number of hydrogen-bond acceptors (Lipinski definition) is 3. The van der Waals surface area contributed by atoms with E-state index in [9.17, 15) is 14.0 Å². The minimum atomic E-state index is -0.466. The topological polar surface area (TPSA) is 55.4 Å². The summed E-state index contributed by atoms with van der Waals surface area (Å²) in [5.74, 6) is -0.896. The molecular weight excluding hydrogens is 249 g/mol. The Balaban J connectivity index is 2.23. The lowest BCUT2D eigenvalue weighted by Crippen LogP contribution is -2.22. The molecule has 0 saturated carbocycles. The smallest absolute Gasteiger partial charge is 0.330 e. The molecule has 19 heavy (non-hydrogen) atoms. The predicted molar refractivity (Wildman–Crippen MR) is 69.7 cm³/mol. The van der Waals surface area contributed by atoms with Crippen LogP contribution in [0.15, 0.2) is 30.3 Å². The molecule has 0 aliphatic carbocycles. The van der Waals surface area contributed by atoms with Gasteiger partial charge in [-0.05, 0) is 30.2 Å². The van der Waals surface area contributed by atoms with Crippen LogP contribution in [-0.4, -0.2) is 25.0 Å². The number of hydrogen-bond donors (Lipinski definition) is 1. The lowest BCUT2D eigenvalue weighted by Gasteiger charge is -2.02. The van der Waals surface area contributed by atoms with E-state index in [-0.39, 0.29) is 18.3 Å². The molecule has 1 N–H and O–H groups in total. The number of benzene rings is 1. The number of nitrogens with one attached hydrogen (secondary N) is 1. The van der Waals surface area contributed by atoms with Gasteiger partial charge in [0, 0.05) is 19.5 Å². The highest BCUT2D eigenvalue weighted by Crippen LogP contribution is 2.04. The van der Waals surface area contributed by atoms with Gasteiger partial charge in [-0.25, -0.2) is 9.18 Å². The summed E-state index contributed by atoms with van der Waals surface area (Å²) >= 11 is 0. The molecule has 0 heterocycles. The first kappa shape index (κ1) is 14.9. The largest absolute Gasteiger partial charge is 0.462 e. The van der Waals surface area contributed by atoms with E-state index in [1.165, 1.54) is 25.1 Å². The molecule has 1 aromatic carbocycles. The van der Waals surface area contributed by atoms with Gasteiger partial charge in [0.05, 0.1) is 6.61 Å². The maximum absolute atomic E-state index is 12.6. The summed E-state index contributed by atoms with van der Waals surface area (Å²) in [5, 5.41) is 2.60. The van der Waals surface area contributed by atoms with Crippen LogP contribution in [0.5, 0.6) is 0 Å². The summed E-state index contributed by atoms with van der Waals surface area (Å²) in [7, 11) is 0. The summed E-state index contributed by atoms with van der Waals surface area (Å²) in [6.45, 7) is 2.15. The van der Waals surface area contributed by atoms with E-state index >= 15 is 0 Å². The lowest BCUT2D eigenvalue weighted by molar-refractivity contribution is -0.137. The maximum atomic E-state index is 12.6. The molecule has 0 bridgehead atoms. The normalized spacial score (nSPS) is 10.4. The molecule has 5 heteroatoms. The average Bonchev–Trinajstić information content (AvgIpc) is 2.37. The van der Waals surface area contributed by atoms with Crippen molar-refractivity contribution in [3.05, 3.63) is 41.7 Å². The van der Waals surface area contributed by atoms with Crippen molar-refractivity contribution in [3.8, 4) is 0 Å². The molecule has 0 spiro atoms. The van der Waals surface area contributed by atoms with Crippen LogP contribution in [0, 0.1) is 5.82 Å². The first-order valence-corrected chi connectivity index (χ1v) is 5.93. The van der Waals surface area contributed by atoms with E-state index in [0.717, 1.165) is 5.56 Å². The van der Waals surface area contributed by atoms with Crippen molar-refractivity contribution >= 4 is 18.0 Å². The third-order valence-corrected chi connectivity index (χ3v) is 2.22. The maximum Gasteiger partial charge on any atom is 0.330 e. The Bertz CT molecular complexity index is 454. The van der Waals surface area contributed by atoms with E-state index < -0.39 is 5.97 Å². The summed E-state index contributed by atoms with van der Waals surface area (Å²) < 4.78 is 17.6. The van der Waals surface area contributed by atoms with Crippen LogP contribution in [0.1, 0.15) is 18.9 Å². The van der Waals surface area contributed by atoms with Crippen LogP contribution >= 0.6 is 0 Å². The molecule has 0 unspecified atom stereocenters. The Morgan fingerprint density at radius 2 is 2.00 bits per heavy atom. The van der Waals surface area contributed by atoms with Gasteiger partial charge in [0.1, 0.15) is 5.82 Å². The van der Waals surface area contributed by atoms with Gasteiger partial charge in [-0.1, -0.05) is 12.1 Å². The number of carbonyl (C=O) groups excluding carboxylic acids is 2. The molecule has 0 aliphatic heterocycles. The zero-order valence-corrected chi connectivity index (χ0v) is 10.7. The standard InChI is InChI=1S/C14H16FNO3/c1-11(17)16-9-2-10-19-14(18)8-5-12-3-6-13(15)7-4-12/h3-8H,2,9-10H2,1H3,(H,16,17)/b8-5+. The Hall–Kier alpha value is -2.17. The van der Waals surface area contributed by atoms with Gasteiger partial charge in [0.2, 0.25) is 5.91 Å². The first-order chi connectivity index (χ1) is 9.08. The van der Waals surface area contributed by atoms with Crippen LogP contribution in [0.4, 0.5) is 4.39 Å². The van der Waals surface area contributed by atoms with E-state index in [2.05, 4.69) is 5.32 Å². The molecule has 1 rings (SSSR count).